The van der Waals surface area contributed by atoms with E-state index in [9.17, 15) is 4.79 Å². The van der Waals surface area contributed by atoms with Crippen molar-refractivity contribution in [2.45, 2.75) is 19.4 Å². The molecule has 4 heteroatoms. The molecule has 1 amide bonds. The third-order valence-electron chi connectivity index (χ3n) is 3.20. The van der Waals surface area contributed by atoms with Crippen LogP contribution in [0.25, 0.3) is 0 Å². The van der Waals surface area contributed by atoms with Crippen LogP contribution in [0.15, 0.2) is 30.3 Å². The fraction of sp³-hybridized carbons (Fsp3) is 0.533. The summed E-state index contributed by atoms with van der Waals surface area (Å²) in [7, 11) is 3.51. The zero-order valence-electron chi connectivity index (χ0n) is 12.1. The van der Waals surface area contributed by atoms with Gasteiger partial charge in [0, 0.05) is 26.6 Å². The Morgan fingerprint density at radius 1 is 1.37 bits per heavy atom. The molecule has 0 spiro atoms. The number of rotatable bonds is 8. The molecular formula is C15H24N2O2. The summed E-state index contributed by atoms with van der Waals surface area (Å²) < 4.78 is 5.10. The van der Waals surface area contributed by atoms with Gasteiger partial charge in [-0.1, -0.05) is 30.3 Å². The predicted octanol–water partition coefficient (Wildman–Crippen LogP) is 1.83. The molecule has 1 N–H and O–H groups in total. The van der Waals surface area contributed by atoms with Gasteiger partial charge in [-0.3, -0.25) is 4.79 Å². The van der Waals surface area contributed by atoms with Gasteiger partial charge < -0.3 is 15.0 Å². The van der Waals surface area contributed by atoms with Gasteiger partial charge in [-0.2, -0.15) is 0 Å². The van der Waals surface area contributed by atoms with Gasteiger partial charge in [0.2, 0.25) is 5.91 Å². The van der Waals surface area contributed by atoms with Gasteiger partial charge in [0.15, 0.2) is 0 Å². The normalized spacial score (nSPS) is 12.2. The van der Waals surface area contributed by atoms with Gasteiger partial charge >= 0.3 is 0 Å². The number of hydrogen-bond donors (Lipinski definition) is 1. The molecule has 0 aromatic heterocycles. The van der Waals surface area contributed by atoms with E-state index in [1.54, 1.807) is 7.11 Å². The maximum atomic E-state index is 12.3. The summed E-state index contributed by atoms with van der Waals surface area (Å²) in [4.78, 5) is 14.1. The first kappa shape index (κ1) is 15.7. The molecule has 0 saturated carbocycles. The van der Waals surface area contributed by atoms with E-state index in [0.29, 0.717) is 26.1 Å². The Morgan fingerprint density at radius 3 is 2.63 bits per heavy atom. The molecule has 0 saturated heterocycles. The summed E-state index contributed by atoms with van der Waals surface area (Å²) in [6.07, 6.45) is 0.511. The molecule has 0 aliphatic rings. The number of nitrogens with one attached hydrogen (secondary N) is 1. The van der Waals surface area contributed by atoms with Gasteiger partial charge in [-0.05, 0) is 19.5 Å². The van der Waals surface area contributed by atoms with Crippen LogP contribution in [0.3, 0.4) is 0 Å². The van der Waals surface area contributed by atoms with Crippen molar-refractivity contribution in [3.8, 4) is 0 Å². The van der Waals surface area contributed by atoms with E-state index in [4.69, 9.17) is 4.74 Å². The molecule has 0 radical (unpaired) electrons. The molecule has 19 heavy (non-hydrogen) atoms. The average molecular weight is 264 g/mol. The first-order valence-corrected chi connectivity index (χ1v) is 6.68. The van der Waals surface area contributed by atoms with Crippen LogP contribution in [0.1, 0.15) is 24.9 Å². The summed E-state index contributed by atoms with van der Waals surface area (Å²) in [6.45, 7) is 3.93. The van der Waals surface area contributed by atoms with E-state index < -0.39 is 0 Å². The Kier molecular flexibility index (Phi) is 7.15. The monoisotopic (exact) mass is 264 g/mol. The Hall–Kier alpha value is -1.39. The fourth-order valence-electron chi connectivity index (χ4n) is 2.01. The highest BCUT2D eigenvalue weighted by molar-refractivity contribution is 5.76. The van der Waals surface area contributed by atoms with Crippen LogP contribution in [0.2, 0.25) is 0 Å². The highest BCUT2D eigenvalue weighted by Gasteiger charge is 2.20. The molecule has 0 bridgehead atoms. The molecule has 1 unspecified atom stereocenters. The first-order valence-electron chi connectivity index (χ1n) is 6.68. The fourth-order valence-corrected chi connectivity index (χ4v) is 2.01. The lowest BCUT2D eigenvalue weighted by molar-refractivity contribution is -0.134. The minimum Gasteiger partial charge on any atom is -0.383 e. The molecule has 0 aliphatic heterocycles. The molecule has 0 aliphatic carbocycles. The highest BCUT2D eigenvalue weighted by Crippen LogP contribution is 2.20. The van der Waals surface area contributed by atoms with Gasteiger partial charge in [0.25, 0.3) is 0 Å². The molecular weight excluding hydrogens is 240 g/mol. The van der Waals surface area contributed by atoms with Gasteiger partial charge in [-0.15, -0.1) is 0 Å². The lowest BCUT2D eigenvalue weighted by Crippen LogP contribution is -2.37. The Balaban J connectivity index is 2.74. The molecule has 1 aromatic rings. The molecule has 1 aromatic carbocycles. The molecule has 106 valence electrons. The third kappa shape index (κ3) is 5.01. The molecule has 0 fully saturated rings. The molecule has 4 nitrogen and oxygen atoms in total. The van der Waals surface area contributed by atoms with Crippen LogP contribution in [-0.4, -0.2) is 44.7 Å². The van der Waals surface area contributed by atoms with E-state index in [0.717, 1.165) is 5.56 Å². The van der Waals surface area contributed by atoms with Crippen molar-refractivity contribution in [3.63, 3.8) is 0 Å². The number of benzene rings is 1. The zero-order chi connectivity index (χ0) is 14.1. The molecule has 0 heterocycles. The van der Waals surface area contributed by atoms with E-state index in [-0.39, 0.29) is 11.9 Å². The maximum absolute atomic E-state index is 12.3. The second-order valence-electron chi connectivity index (χ2n) is 4.52. The second-order valence-corrected chi connectivity index (χ2v) is 4.52. The lowest BCUT2D eigenvalue weighted by atomic mass is 10.1. The van der Waals surface area contributed by atoms with E-state index in [1.165, 1.54) is 0 Å². The standard InChI is InChI=1S/C15H24N2O2/c1-13(14-7-5-4-6-8-14)17(11-12-19-3)15(18)9-10-16-2/h4-8,13,16H,9-12H2,1-3H3. The third-order valence-corrected chi connectivity index (χ3v) is 3.20. The van der Waals surface area contributed by atoms with Crippen LogP contribution in [-0.2, 0) is 9.53 Å². The van der Waals surface area contributed by atoms with Gasteiger partial charge in [-0.25, -0.2) is 0 Å². The van der Waals surface area contributed by atoms with Crippen molar-refractivity contribution < 1.29 is 9.53 Å². The maximum Gasteiger partial charge on any atom is 0.224 e. The Labute approximate surface area is 115 Å². The minimum absolute atomic E-state index is 0.0701. The zero-order valence-corrected chi connectivity index (χ0v) is 12.1. The number of nitrogens with zero attached hydrogens (tertiary/aromatic N) is 1. The van der Waals surface area contributed by atoms with Crippen LogP contribution < -0.4 is 5.32 Å². The van der Waals surface area contributed by atoms with E-state index in [2.05, 4.69) is 24.4 Å². The van der Waals surface area contributed by atoms with Crippen molar-refractivity contribution in [3.05, 3.63) is 35.9 Å². The largest absolute Gasteiger partial charge is 0.383 e. The number of methoxy groups -OCH3 is 1. The SMILES string of the molecule is CNCCC(=O)N(CCOC)C(C)c1ccccc1. The van der Waals surface area contributed by atoms with Crippen molar-refractivity contribution in [1.82, 2.24) is 10.2 Å². The van der Waals surface area contributed by atoms with Crippen molar-refractivity contribution in [2.24, 2.45) is 0 Å². The first-order chi connectivity index (χ1) is 9.20. The molecule has 1 rings (SSSR count). The number of hydrogen-bond acceptors (Lipinski definition) is 3. The number of amides is 1. The van der Waals surface area contributed by atoms with Crippen LogP contribution in [0.4, 0.5) is 0 Å². The topological polar surface area (TPSA) is 41.6 Å². The summed E-state index contributed by atoms with van der Waals surface area (Å²) in [5.74, 6) is 0.155. The van der Waals surface area contributed by atoms with E-state index >= 15 is 0 Å². The van der Waals surface area contributed by atoms with Crippen molar-refractivity contribution >= 4 is 5.91 Å². The van der Waals surface area contributed by atoms with Crippen LogP contribution >= 0.6 is 0 Å². The smallest absolute Gasteiger partial charge is 0.224 e. The number of ether oxygens (including phenoxy) is 1. The van der Waals surface area contributed by atoms with Crippen LogP contribution in [0, 0.1) is 0 Å². The second kappa shape index (κ2) is 8.67. The summed E-state index contributed by atoms with van der Waals surface area (Å²) in [5, 5.41) is 3.01. The van der Waals surface area contributed by atoms with Crippen LogP contribution in [0.5, 0.6) is 0 Å². The highest BCUT2D eigenvalue weighted by atomic mass is 16.5. The van der Waals surface area contributed by atoms with Crippen molar-refractivity contribution in [2.75, 3.05) is 33.9 Å². The average Bonchev–Trinajstić information content (AvgIpc) is 2.46. The quantitative estimate of drug-likeness (QED) is 0.779. The lowest BCUT2D eigenvalue weighted by Gasteiger charge is -2.29. The number of carbonyl (C=O) groups is 1. The summed E-state index contributed by atoms with van der Waals surface area (Å²) >= 11 is 0. The summed E-state index contributed by atoms with van der Waals surface area (Å²) in [6, 6.07) is 10.2. The van der Waals surface area contributed by atoms with Crippen molar-refractivity contribution in [1.29, 1.82) is 0 Å². The van der Waals surface area contributed by atoms with E-state index in [1.807, 2.05) is 30.1 Å². The molecule has 1 atom stereocenters. The van der Waals surface area contributed by atoms with Gasteiger partial charge in [0.05, 0.1) is 12.6 Å². The number of carbonyl (C=O) groups excluding carboxylic acids is 1. The minimum atomic E-state index is 0.0701. The van der Waals surface area contributed by atoms with Gasteiger partial charge in [0.1, 0.15) is 0 Å². The Bertz CT molecular complexity index is 368. The Morgan fingerprint density at radius 2 is 2.05 bits per heavy atom. The predicted molar refractivity (Wildman–Crippen MR) is 77.0 cm³/mol. The summed E-state index contributed by atoms with van der Waals surface area (Å²) in [5.41, 5.74) is 1.15.